The van der Waals surface area contributed by atoms with Crippen LogP contribution in [0.15, 0.2) is 53.1 Å². The minimum Gasteiger partial charge on any atom is -0.469 e. The summed E-state index contributed by atoms with van der Waals surface area (Å²) in [6.45, 7) is 1.97. The van der Waals surface area contributed by atoms with Gasteiger partial charge in [0.05, 0.1) is 18.4 Å². The minimum atomic E-state index is -0.360. The summed E-state index contributed by atoms with van der Waals surface area (Å²) in [5, 5.41) is 0. The first-order valence-corrected chi connectivity index (χ1v) is 9.45. The Bertz CT molecular complexity index is 780. The molecule has 0 atom stereocenters. The second-order valence-electron chi connectivity index (χ2n) is 7.25. The van der Waals surface area contributed by atoms with E-state index < -0.39 is 0 Å². The van der Waals surface area contributed by atoms with Crippen molar-refractivity contribution >= 4 is 17.5 Å². The number of ether oxygens (including phenoxy) is 1. The van der Waals surface area contributed by atoms with Crippen molar-refractivity contribution in [2.45, 2.75) is 31.3 Å². The van der Waals surface area contributed by atoms with E-state index in [-0.39, 0.29) is 24.0 Å². The van der Waals surface area contributed by atoms with Gasteiger partial charge in [0.15, 0.2) is 0 Å². The van der Waals surface area contributed by atoms with Crippen LogP contribution in [0.4, 0.5) is 5.69 Å². The fourth-order valence-corrected chi connectivity index (χ4v) is 3.87. The topological polar surface area (TPSA) is 63.0 Å². The zero-order chi connectivity index (χ0) is 18.7. The minimum absolute atomic E-state index is 0.0104. The summed E-state index contributed by atoms with van der Waals surface area (Å²) < 4.78 is 11.3. The number of piperidine rings is 1. The number of para-hydroxylation sites is 1. The van der Waals surface area contributed by atoms with Crippen LogP contribution in [0.3, 0.4) is 0 Å². The molecule has 2 saturated heterocycles. The fraction of sp³-hybridized carbons (Fsp3) is 0.429. The molecule has 1 aromatic carbocycles. The summed E-state index contributed by atoms with van der Waals surface area (Å²) in [5.74, 6) is 0.973. The second kappa shape index (κ2) is 7.56. The lowest BCUT2D eigenvalue weighted by atomic mass is 9.88. The van der Waals surface area contributed by atoms with Crippen LogP contribution < -0.4 is 4.90 Å². The van der Waals surface area contributed by atoms with Crippen molar-refractivity contribution in [2.75, 3.05) is 31.1 Å². The summed E-state index contributed by atoms with van der Waals surface area (Å²) in [5.41, 5.74) is 0.545. The molecule has 3 heterocycles. The first-order valence-electron chi connectivity index (χ1n) is 9.45. The van der Waals surface area contributed by atoms with Crippen molar-refractivity contribution in [2.24, 2.45) is 0 Å². The third kappa shape index (κ3) is 3.90. The number of benzene rings is 1. The molecule has 142 valence electrons. The van der Waals surface area contributed by atoms with E-state index >= 15 is 0 Å². The van der Waals surface area contributed by atoms with Gasteiger partial charge in [0, 0.05) is 31.6 Å². The van der Waals surface area contributed by atoms with Gasteiger partial charge >= 0.3 is 0 Å². The molecule has 0 unspecified atom stereocenters. The maximum absolute atomic E-state index is 12.5. The van der Waals surface area contributed by atoms with E-state index in [1.165, 1.54) is 0 Å². The largest absolute Gasteiger partial charge is 0.469 e. The molecule has 0 aliphatic carbocycles. The first-order chi connectivity index (χ1) is 13.2. The molecule has 27 heavy (non-hydrogen) atoms. The van der Waals surface area contributed by atoms with Crippen LogP contribution in [-0.2, 0) is 20.7 Å². The van der Waals surface area contributed by atoms with E-state index in [0.29, 0.717) is 32.5 Å². The highest BCUT2D eigenvalue weighted by atomic mass is 16.5. The summed E-state index contributed by atoms with van der Waals surface area (Å²) in [6, 6.07) is 13.4. The molecule has 6 heteroatoms. The van der Waals surface area contributed by atoms with Gasteiger partial charge in [-0.2, -0.15) is 0 Å². The normalized spacial score (nSPS) is 19.5. The molecule has 2 aliphatic rings. The molecule has 1 spiro atoms. The van der Waals surface area contributed by atoms with Gasteiger partial charge in [0.2, 0.25) is 5.91 Å². The predicted octanol–water partition coefficient (Wildman–Crippen LogP) is 2.64. The van der Waals surface area contributed by atoms with Gasteiger partial charge in [-0.25, -0.2) is 0 Å². The number of carbonyl (C=O) groups excluding carboxylic acids is 2. The number of rotatable bonds is 4. The highest BCUT2D eigenvalue weighted by Crippen LogP contribution is 2.33. The lowest BCUT2D eigenvalue weighted by Gasteiger charge is -2.47. The summed E-state index contributed by atoms with van der Waals surface area (Å²) in [6.07, 6.45) is 4.20. The van der Waals surface area contributed by atoms with Gasteiger partial charge in [0.25, 0.3) is 5.91 Å². The molecule has 1 aromatic heterocycles. The Morgan fingerprint density at radius 2 is 1.85 bits per heavy atom. The van der Waals surface area contributed by atoms with Gasteiger partial charge in [-0.1, -0.05) is 18.2 Å². The third-order valence-electron chi connectivity index (χ3n) is 5.51. The molecule has 2 aromatic rings. The number of carbonyl (C=O) groups is 2. The number of amides is 2. The summed E-state index contributed by atoms with van der Waals surface area (Å²) in [7, 11) is 0. The van der Waals surface area contributed by atoms with Crippen LogP contribution in [0.5, 0.6) is 0 Å². The number of morpholine rings is 1. The van der Waals surface area contributed by atoms with E-state index in [1.54, 1.807) is 6.26 Å². The molecule has 2 aliphatic heterocycles. The van der Waals surface area contributed by atoms with Crippen LogP contribution in [-0.4, -0.2) is 48.6 Å². The van der Waals surface area contributed by atoms with Crippen LogP contribution in [0.2, 0.25) is 0 Å². The number of hydrogen-bond acceptors (Lipinski definition) is 4. The Balaban J connectivity index is 1.35. The van der Waals surface area contributed by atoms with Gasteiger partial charge in [-0.05, 0) is 37.1 Å². The van der Waals surface area contributed by atoms with Crippen LogP contribution in [0, 0.1) is 0 Å². The lowest BCUT2D eigenvalue weighted by molar-refractivity contribution is -0.150. The zero-order valence-corrected chi connectivity index (χ0v) is 15.3. The number of aryl methyl sites for hydroxylation is 1. The van der Waals surface area contributed by atoms with Gasteiger partial charge in [-0.15, -0.1) is 0 Å². The number of likely N-dealkylation sites (tertiary alicyclic amines) is 1. The molecule has 0 saturated carbocycles. The highest BCUT2D eigenvalue weighted by Gasteiger charge is 2.43. The number of nitrogens with zero attached hydrogens (tertiary/aromatic N) is 2. The smallest absolute Gasteiger partial charge is 0.253 e. The monoisotopic (exact) mass is 368 g/mol. The zero-order valence-electron chi connectivity index (χ0n) is 15.3. The SMILES string of the molecule is O=C(CCc1ccco1)N1CCC2(CC1)CN(c1ccccc1)C(=O)CO2. The lowest BCUT2D eigenvalue weighted by Crippen LogP contribution is -2.59. The molecule has 2 fully saturated rings. The fourth-order valence-electron chi connectivity index (χ4n) is 3.87. The Morgan fingerprint density at radius 3 is 2.56 bits per heavy atom. The molecule has 6 nitrogen and oxygen atoms in total. The second-order valence-corrected chi connectivity index (χ2v) is 7.25. The number of anilines is 1. The van der Waals surface area contributed by atoms with Crippen LogP contribution in [0.25, 0.3) is 0 Å². The van der Waals surface area contributed by atoms with Crippen molar-refractivity contribution in [1.82, 2.24) is 4.90 Å². The van der Waals surface area contributed by atoms with Crippen molar-refractivity contribution in [3.05, 3.63) is 54.5 Å². The van der Waals surface area contributed by atoms with Gasteiger partial charge < -0.3 is 19.0 Å². The van der Waals surface area contributed by atoms with Crippen molar-refractivity contribution in [1.29, 1.82) is 0 Å². The van der Waals surface area contributed by atoms with Crippen molar-refractivity contribution < 1.29 is 18.7 Å². The number of hydrogen-bond donors (Lipinski definition) is 0. The van der Waals surface area contributed by atoms with Crippen LogP contribution in [0.1, 0.15) is 25.0 Å². The molecule has 4 rings (SSSR count). The van der Waals surface area contributed by atoms with E-state index in [2.05, 4.69) is 0 Å². The highest BCUT2D eigenvalue weighted by molar-refractivity contribution is 5.95. The molecule has 0 radical (unpaired) electrons. The van der Waals surface area contributed by atoms with E-state index in [9.17, 15) is 9.59 Å². The van der Waals surface area contributed by atoms with E-state index in [1.807, 2.05) is 52.3 Å². The average Bonchev–Trinajstić information content (AvgIpc) is 3.23. The van der Waals surface area contributed by atoms with E-state index in [4.69, 9.17) is 9.15 Å². The maximum atomic E-state index is 12.5. The molecule has 0 bridgehead atoms. The Labute approximate surface area is 158 Å². The number of furan rings is 1. The van der Waals surface area contributed by atoms with Crippen molar-refractivity contribution in [3.63, 3.8) is 0 Å². The average molecular weight is 368 g/mol. The Morgan fingerprint density at radius 1 is 1.07 bits per heavy atom. The first kappa shape index (κ1) is 17.8. The third-order valence-corrected chi connectivity index (χ3v) is 5.51. The molecule has 2 amide bonds. The van der Waals surface area contributed by atoms with Crippen molar-refractivity contribution in [3.8, 4) is 0 Å². The van der Waals surface area contributed by atoms with Gasteiger partial charge in [-0.3, -0.25) is 9.59 Å². The quantitative estimate of drug-likeness (QED) is 0.832. The molecular weight excluding hydrogens is 344 g/mol. The molecular formula is C21H24N2O4. The molecule has 0 N–H and O–H groups in total. The maximum Gasteiger partial charge on any atom is 0.253 e. The van der Waals surface area contributed by atoms with E-state index in [0.717, 1.165) is 24.3 Å². The summed E-state index contributed by atoms with van der Waals surface area (Å²) in [4.78, 5) is 28.5. The van der Waals surface area contributed by atoms with Gasteiger partial charge in [0.1, 0.15) is 12.4 Å². The van der Waals surface area contributed by atoms with Crippen LogP contribution >= 0.6 is 0 Å². The summed E-state index contributed by atoms with van der Waals surface area (Å²) >= 11 is 0. The Hall–Kier alpha value is -2.60. The predicted molar refractivity (Wildman–Crippen MR) is 100 cm³/mol. The standard InChI is InChI=1S/C21H24N2O4/c24-19(9-8-18-7-4-14-26-18)22-12-10-21(11-13-22)16-23(20(25)15-27-21)17-5-2-1-3-6-17/h1-7,14H,8-13,15-16H2. The Kier molecular flexibility index (Phi) is 4.99.